The molecule has 1 aromatic heterocycles. The van der Waals surface area contributed by atoms with Gasteiger partial charge in [0.05, 0.1) is 22.5 Å². The molecule has 0 aliphatic heterocycles. The van der Waals surface area contributed by atoms with E-state index in [1.54, 1.807) is 24.3 Å². The van der Waals surface area contributed by atoms with Crippen molar-refractivity contribution in [2.24, 2.45) is 0 Å². The number of hydrogen-bond donors (Lipinski definition) is 2. The Morgan fingerprint density at radius 3 is 2.31 bits per heavy atom. The highest BCUT2D eigenvalue weighted by molar-refractivity contribution is 8.00. The van der Waals surface area contributed by atoms with Crippen molar-refractivity contribution in [1.82, 2.24) is 9.97 Å². The van der Waals surface area contributed by atoms with Gasteiger partial charge in [0, 0.05) is 18.3 Å². The second-order valence-electron chi connectivity index (χ2n) is 5.70. The molecule has 0 radical (unpaired) electrons. The minimum atomic E-state index is -0.158. The van der Waals surface area contributed by atoms with Crippen LogP contribution in [0.15, 0.2) is 53.6 Å². The highest BCUT2D eigenvalue weighted by Crippen LogP contribution is 2.22. The van der Waals surface area contributed by atoms with Gasteiger partial charge in [-0.15, -0.1) is 0 Å². The summed E-state index contributed by atoms with van der Waals surface area (Å²) in [7, 11) is 0. The predicted octanol–water partition coefficient (Wildman–Crippen LogP) is 3.63. The van der Waals surface area contributed by atoms with Gasteiger partial charge in [-0.3, -0.25) is 9.59 Å². The number of thioether (sulfide) groups is 1. The number of aryl methyl sites for hydroxylation is 1. The summed E-state index contributed by atoms with van der Waals surface area (Å²) in [5, 5.41) is 6.25. The van der Waals surface area contributed by atoms with Crippen molar-refractivity contribution in [1.29, 1.82) is 0 Å². The average molecular weight is 366 g/mol. The lowest BCUT2D eigenvalue weighted by molar-refractivity contribution is -0.114. The molecule has 0 spiro atoms. The van der Waals surface area contributed by atoms with Crippen LogP contribution >= 0.6 is 11.8 Å². The van der Waals surface area contributed by atoms with Crippen LogP contribution in [0.5, 0.6) is 0 Å². The van der Waals surface area contributed by atoms with Crippen molar-refractivity contribution >= 4 is 46.0 Å². The van der Waals surface area contributed by atoms with E-state index in [1.807, 2.05) is 31.2 Å². The van der Waals surface area contributed by atoms with Crippen LogP contribution in [0.25, 0.3) is 11.0 Å². The lowest BCUT2D eigenvalue weighted by atomic mass is 10.2. The molecule has 26 heavy (non-hydrogen) atoms. The van der Waals surface area contributed by atoms with E-state index in [-0.39, 0.29) is 17.6 Å². The number of benzene rings is 2. The van der Waals surface area contributed by atoms with Crippen molar-refractivity contribution in [2.45, 2.75) is 18.9 Å². The van der Waals surface area contributed by atoms with Crippen LogP contribution in [0.2, 0.25) is 0 Å². The fourth-order valence-electron chi connectivity index (χ4n) is 2.42. The Morgan fingerprint density at radius 2 is 1.62 bits per heavy atom. The normalized spacial score (nSPS) is 10.5. The fraction of sp³-hybridized carbons (Fsp3) is 0.158. The summed E-state index contributed by atoms with van der Waals surface area (Å²) in [4.78, 5) is 32.4. The third-order valence-electron chi connectivity index (χ3n) is 3.51. The molecule has 0 saturated heterocycles. The third kappa shape index (κ3) is 4.58. The number of hydrogen-bond acceptors (Lipinski definition) is 5. The zero-order chi connectivity index (χ0) is 18.5. The predicted molar refractivity (Wildman–Crippen MR) is 104 cm³/mol. The SMILES string of the molecule is CC(=O)Nc1cccc(NC(=O)CSc2nc3ccccc3nc2C)c1. The van der Waals surface area contributed by atoms with Gasteiger partial charge in [-0.1, -0.05) is 30.0 Å². The number of aromatic nitrogens is 2. The van der Waals surface area contributed by atoms with E-state index in [0.717, 1.165) is 21.8 Å². The van der Waals surface area contributed by atoms with E-state index >= 15 is 0 Å². The molecule has 0 saturated carbocycles. The molecule has 7 heteroatoms. The van der Waals surface area contributed by atoms with E-state index in [4.69, 9.17) is 0 Å². The summed E-state index contributed by atoms with van der Waals surface area (Å²) < 4.78 is 0. The fourth-order valence-corrected chi connectivity index (χ4v) is 3.18. The molecule has 2 amide bonds. The molecule has 2 aromatic carbocycles. The van der Waals surface area contributed by atoms with Gasteiger partial charge in [0.15, 0.2) is 0 Å². The summed E-state index contributed by atoms with van der Waals surface area (Å²) in [6.07, 6.45) is 0. The molecule has 1 heterocycles. The molecule has 0 aliphatic carbocycles. The van der Waals surface area contributed by atoms with Crippen LogP contribution in [0.4, 0.5) is 11.4 Å². The topological polar surface area (TPSA) is 84.0 Å². The van der Waals surface area contributed by atoms with Crippen LogP contribution in [0.1, 0.15) is 12.6 Å². The minimum absolute atomic E-state index is 0.149. The highest BCUT2D eigenvalue weighted by atomic mass is 32.2. The first kappa shape index (κ1) is 17.9. The van der Waals surface area contributed by atoms with Gasteiger partial charge in [0.2, 0.25) is 11.8 Å². The summed E-state index contributed by atoms with van der Waals surface area (Å²) in [5.74, 6) is -0.0863. The van der Waals surface area contributed by atoms with E-state index in [9.17, 15) is 9.59 Å². The molecule has 2 N–H and O–H groups in total. The quantitative estimate of drug-likeness (QED) is 0.674. The molecule has 132 valence electrons. The Balaban J connectivity index is 1.64. The van der Waals surface area contributed by atoms with Crippen molar-refractivity contribution in [3.8, 4) is 0 Å². The van der Waals surface area contributed by atoms with E-state index in [0.29, 0.717) is 11.4 Å². The van der Waals surface area contributed by atoms with Gasteiger partial charge in [-0.25, -0.2) is 9.97 Å². The van der Waals surface area contributed by atoms with Crippen LogP contribution in [0, 0.1) is 6.92 Å². The monoisotopic (exact) mass is 366 g/mol. The van der Waals surface area contributed by atoms with E-state index in [1.165, 1.54) is 18.7 Å². The first-order chi connectivity index (χ1) is 12.5. The molecule has 0 fully saturated rings. The Labute approximate surface area is 155 Å². The zero-order valence-corrected chi connectivity index (χ0v) is 15.3. The Bertz CT molecular complexity index is 975. The van der Waals surface area contributed by atoms with Crippen LogP contribution in [-0.4, -0.2) is 27.5 Å². The molecule has 6 nitrogen and oxygen atoms in total. The smallest absolute Gasteiger partial charge is 0.234 e. The largest absolute Gasteiger partial charge is 0.326 e. The van der Waals surface area contributed by atoms with Gasteiger partial charge < -0.3 is 10.6 Å². The molecule has 0 aliphatic rings. The summed E-state index contributed by atoms with van der Waals surface area (Å²) in [6, 6.07) is 14.7. The number of carbonyl (C=O) groups excluding carboxylic acids is 2. The first-order valence-electron chi connectivity index (χ1n) is 8.05. The summed E-state index contributed by atoms with van der Waals surface area (Å²) >= 11 is 1.35. The summed E-state index contributed by atoms with van der Waals surface area (Å²) in [5.41, 5.74) is 3.72. The van der Waals surface area contributed by atoms with Gasteiger partial charge in [0.1, 0.15) is 5.03 Å². The molecule has 3 rings (SSSR count). The number of para-hydroxylation sites is 2. The van der Waals surface area contributed by atoms with Gasteiger partial charge >= 0.3 is 0 Å². The number of amides is 2. The van der Waals surface area contributed by atoms with Crippen molar-refractivity contribution in [3.63, 3.8) is 0 Å². The Hall–Kier alpha value is -2.93. The molecule has 0 atom stereocenters. The standard InChI is InChI=1S/C19H18N4O2S/c1-12-19(23-17-9-4-3-8-16(17)20-12)26-11-18(25)22-15-7-5-6-14(10-15)21-13(2)24/h3-10H,11H2,1-2H3,(H,21,24)(H,22,25). The maximum atomic E-state index is 12.2. The molecule has 3 aromatic rings. The van der Waals surface area contributed by atoms with Crippen molar-refractivity contribution < 1.29 is 9.59 Å². The van der Waals surface area contributed by atoms with Crippen molar-refractivity contribution in [2.75, 3.05) is 16.4 Å². The van der Waals surface area contributed by atoms with Crippen molar-refractivity contribution in [3.05, 3.63) is 54.2 Å². The number of nitrogens with zero attached hydrogens (tertiary/aromatic N) is 2. The minimum Gasteiger partial charge on any atom is -0.326 e. The number of anilines is 2. The second-order valence-corrected chi connectivity index (χ2v) is 6.67. The zero-order valence-electron chi connectivity index (χ0n) is 14.4. The number of nitrogens with one attached hydrogen (secondary N) is 2. The lowest BCUT2D eigenvalue weighted by Crippen LogP contribution is -2.14. The van der Waals surface area contributed by atoms with Crippen LogP contribution in [0.3, 0.4) is 0 Å². The molecular weight excluding hydrogens is 348 g/mol. The molecular formula is C19H18N4O2S. The maximum Gasteiger partial charge on any atom is 0.234 e. The first-order valence-corrected chi connectivity index (χ1v) is 9.03. The van der Waals surface area contributed by atoms with Crippen LogP contribution in [-0.2, 0) is 9.59 Å². The van der Waals surface area contributed by atoms with Gasteiger partial charge in [0.25, 0.3) is 0 Å². The molecule has 0 unspecified atom stereocenters. The van der Waals surface area contributed by atoms with Crippen LogP contribution < -0.4 is 10.6 Å². The average Bonchev–Trinajstić information content (AvgIpc) is 2.59. The third-order valence-corrected chi connectivity index (χ3v) is 4.57. The lowest BCUT2D eigenvalue weighted by Gasteiger charge is -2.09. The van der Waals surface area contributed by atoms with E-state index in [2.05, 4.69) is 20.6 Å². The van der Waals surface area contributed by atoms with E-state index < -0.39 is 0 Å². The highest BCUT2D eigenvalue weighted by Gasteiger charge is 2.09. The second kappa shape index (κ2) is 7.97. The molecule has 0 bridgehead atoms. The number of fused-ring (bicyclic) bond motifs is 1. The number of rotatable bonds is 5. The Kier molecular flexibility index (Phi) is 5.48. The summed E-state index contributed by atoms with van der Waals surface area (Å²) in [6.45, 7) is 3.32. The van der Waals surface area contributed by atoms with Gasteiger partial charge in [-0.05, 0) is 37.3 Å². The van der Waals surface area contributed by atoms with Gasteiger partial charge in [-0.2, -0.15) is 0 Å². The Morgan fingerprint density at radius 1 is 0.962 bits per heavy atom. The number of carbonyl (C=O) groups is 2. The maximum absolute atomic E-state index is 12.2.